The van der Waals surface area contributed by atoms with Gasteiger partial charge in [-0.25, -0.2) is 9.97 Å². The number of rotatable bonds is 8. The number of benzene rings is 1. The maximum Gasteiger partial charge on any atom is 0.225 e. The largest absolute Gasteiger partial charge is 0.348 e. The highest BCUT2D eigenvalue weighted by molar-refractivity contribution is 5.78. The van der Waals surface area contributed by atoms with E-state index in [1.807, 2.05) is 30.0 Å². The Hall–Kier alpha value is -3.21. The third kappa shape index (κ3) is 4.03. The Morgan fingerprint density at radius 3 is 2.75 bits per heavy atom. The number of hydrogen-bond acceptors (Lipinski definition) is 4. The van der Waals surface area contributed by atoms with E-state index in [2.05, 4.69) is 65.5 Å². The molecular formula is C23H27N5. The summed E-state index contributed by atoms with van der Waals surface area (Å²) in [5, 5.41) is 3.32. The first-order valence-corrected chi connectivity index (χ1v) is 9.59. The van der Waals surface area contributed by atoms with Gasteiger partial charge in [-0.05, 0) is 48.6 Å². The topological polar surface area (TPSA) is 55.6 Å². The summed E-state index contributed by atoms with van der Waals surface area (Å²) in [6.45, 7) is 14.1. The first kappa shape index (κ1) is 19.5. The number of fused-ring (bicyclic) bond motifs is 1. The zero-order valence-corrected chi connectivity index (χ0v) is 16.8. The Morgan fingerprint density at radius 1 is 1.21 bits per heavy atom. The van der Waals surface area contributed by atoms with Crippen molar-refractivity contribution in [2.24, 2.45) is 0 Å². The standard InChI is InChI=1S/C23H27N5/c1-6-9-18(8-3)17(5)26-23-24-13-12-22(27-23)28-15-25-20-14-19(16(4)7-2)10-11-21(20)28/h6,8-17H,1,3,7H2,2,4-5H3,(H,24,26,27)/b18-9+/t16?,17-/m0/s1. The summed E-state index contributed by atoms with van der Waals surface area (Å²) < 4.78 is 1.99. The molecule has 5 nitrogen and oxygen atoms in total. The maximum atomic E-state index is 4.67. The van der Waals surface area contributed by atoms with E-state index >= 15 is 0 Å². The fourth-order valence-electron chi connectivity index (χ4n) is 3.11. The Labute approximate surface area is 166 Å². The van der Waals surface area contributed by atoms with Gasteiger partial charge in [-0.3, -0.25) is 4.57 Å². The highest BCUT2D eigenvalue weighted by Crippen LogP contribution is 2.24. The second-order valence-electron chi connectivity index (χ2n) is 6.88. The molecule has 2 heterocycles. The number of aromatic nitrogens is 4. The molecule has 0 bridgehead atoms. The van der Waals surface area contributed by atoms with Gasteiger partial charge in [0.1, 0.15) is 12.1 Å². The van der Waals surface area contributed by atoms with E-state index in [-0.39, 0.29) is 6.04 Å². The van der Waals surface area contributed by atoms with Crippen LogP contribution in [-0.2, 0) is 0 Å². The lowest BCUT2D eigenvalue weighted by atomic mass is 9.98. The van der Waals surface area contributed by atoms with Crippen molar-refractivity contribution < 1.29 is 0 Å². The Kier molecular flexibility index (Phi) is 6.04. The molecule has 28 heavy (non-hydrogen) atoms. The van der Waals surface area contributed by atoms with Crippen LogP contribution in [0.2, 0.25) is 0 Å². The van der Waals surface area contributed by atoms with Gasteiger partial charge in [-0.2, -0.15) is 4.98 Å². The molecule has 0 aliphatic rings. The molecule has 1 aromatic carbocycles. The monoisotopic (exact) mass is 373 g/mol. The van der Waals surface area contributed by atoms with Gasteiger partial charge in [0.2, 0.25) is 5.95 Å². The molecule has 0 spiro atoms. The zero-order valence-electron chi connectivity index (χ0n) is 16.8. The minimum atomic E-state index is 0.0170. The van der Waals surface area contributed by atoms with E-state index in [0.29, 0.717) is 11.9 Å². The van der Waals surface area contributed by atoms with Crippen LogP contribution in [-0.4, -0.2) is 25.6 Å². The Morgan fingerprint density at radius 2 is 2.04 bits per heavy atom. The summed E-state index contributed by atoms with van der Waals surface area (Å²) in [5.41, 5.74) is 4.34. The van der Waals surface area contributed by atoms with Crippen molar-refractivity contribution in [2.45, 2.75) is 39.2 Å². The smallest absolute Gasteiger partial charge is 0.225 e. The van der Waals surface area contributed by atoms with Crippen LogP contribution in [0.25, 0.3) is 16.9 Å². The predicted octanol–water partition coefficient (Wildman–Crippen LogP) is 5.43. The Balaban J connectivity index is 1.91. The molecule has 0 amide bonds. The normalized spacial score (nSPS) is 13.9. The highest BCUT2D eigenvalue weighted by atomic mass is 15.2. The molecule has 3 rings (SSSR count). The molecule has 0 aliphatic carbocycles. The summed E-state index contributed by atoms with van der Waals surface area (Å²) in [7, 11) is 0. The van der Waals surface area contributed by atoms with Crippen molar-refractivity contribution in [1.82, 2.24) is 19.5 Å². The molecule has 0 radical (unpaired) electrons. The summed E-state index contributed by atoms with van der Waals surface area (Å²) in [6, 6.07) is 8.35. The van der Waals surface area contributed by atoms with Crippen LogP contribution in [0.5, 0.6) is 0 Å². The molecule has 2 atom stereocenters. The van der Waals surface area contributed by atoms with Crippen molar-refractivity contribution in [3.63, 3.8) is 0 Å². The number of anilines is 1. The molecule has 0 saturated carbocycles. The van der Waals surface area contributed by atoms with E-state index in [0.717, 1.165) is 28.8 Å². The first-order valence-electron chi connectivity index (χ1n) is 9.59. The average molecular weight is 374 g/mol. The lowest BCUT2D eigenvalue weighted by Crippen LogP contribution is -2.19. The van der Waals surface area contributed by atoms with E-state index in [1.54, 1.807) is 18.3 Å². The highest BCUT2D eigenvalue weighted by Gasteiger charge is 2.11. The van der Waals surface area contributed by atoms with E-state index in [1.165, 1.54) is 5.56 Å². The van der Waals surface area contributed by atoms with Crippen LogP contribution < -0.4 is 5.32 Å². The SMILES string of the molecule is C=C/C=C(\C=C)[C@H](C)Nc1nccc(-n2cnc3cc(C(C)CC)ccc32)n1. The van der Waals surface area contributed by atoms with Gasteiger partial charge in [0.05, 0.1) is 17.1 Å². The van der Waals surface area contributed by atoms with Crippen LogP contribution in [0.1, 0.15) is 38.7 Å². The number of hydrogen-bond donors (Lipinski definition) is 1. The number of allylic oxidation sites excluding steroid dienone is 2. The number of imidazole rings is 1. The van der Waals surface area contributed by atoms with E-state index < -0.39 is 0 Å². The van der Waals surface area contributed by atoms with Crippen molar-refractivity contribution in [1.29, 1.82) is 0 Å². The van der Waals surface area contributed by atoms with Crippen molar-refractivity contribution >= 4 is 17.0 Å². The minimum absolute atomic E-state index is 0.0170. The molecule has 5 heteroatoms. The van der Waals surface area contributed by atoms with Crippen molar-refractivity contribution in [3.05, 3.63) is 79.3 Å². The third-order valence-electron chi connectivity index (χ3n) is 5.03. The minimum Gasteiger partial charge on any atom is -0.348 e. The molecule has 144 valence electrons. The van der Waals surface area contributed by atoms with Gasteiger partial charge < -0.3 is 5.32 Å². The van der Waals surface area contributed by atoms with Crippen LogP contribution in [0.4, 0.5) is 5.95 Å². The van der Waals surface area contributed by atoms with Gasteiger partial charge in [0.15, 0.2) is 0 Å². The van der Waals surface area contributed by atoms with Crippen LogP contribution in [0.3, 0.4) is 0 Å². The fraction of sp³-hybridized carbons (Fsp3) is 0.261. The van der Waals surface area contributed by atoms with E-state index in [9.17, 15) is 0 Å². The molecule has 0 aliphatic heterocycles. The zero-order chi connectivity index (χ0) is 20.1. The third-order valence-corrected chi connectivity index (χ3v) is 5.03. The molecule has 0 fully saturated rings. The van der Waals surface area contributed by atoms with Crippen molar-refractivity contribution in [3.8, 4) is 5.82 Å². The van der Waals surface area contributed by atoms with E-state index in [4.69, 9.17) is 0 Å². The van der Waals surface area contributed by atoms with Gasteiger partial charge in [-0.1, -0.05) is 51.3 Å². The number of nitrogens with one attached hydrogen (secondary N) is 1. The molecule has 0 saturated heterocycles. The summed E-state index contributed by atoms with van der Waals surface area (Å²) in [4.78, 5) is 13.6. The number of nitrogens with zero attached hydrogens (tertiary/aromatic N) is 4. The van der Waals surface area contributed by atoms with Crippen LogP contribution >= 0.6 is 0 Å². The van der Waals surface area contributed by atoms with Gasteiger partial charge in [0, 0.05) is 6.20 Å². The van der Waals surface area contributed by atoms with Crippen molar-refractivity contribution in [2.75, 3.05) is 5.32 Å². The average Bonchev–Trinajstić information content (AvgIpc) is 3.14. The van der Waals surface area contributed by atoms with Gasteiger partial charge in [-0.15, -0.1) is 0 Å². The quantitative estimate of drug-likeness (QED) is 0.535. The first-order chi connectivity index (χ1) is 13.6. The van der Waals surface area contributed by atoms with Crippen LogP contribution in [0.15, 0.2) is 73.7 Å². The molecule has 3 aromatic rings. The lowest BCUT2D eigenvalue weighted by Gasteiger charge is -2.15. The maximum absolute atomic E-state index is 4.67. The summed E-state index contributed by atoms with van der Waals surface area (Å²) >= 11 is 0. The molecule has 2 aromatic heterocycles. The summed E-state index contributed by atoms with van der Waals surface area (Å²) in [5.74, 6) is 1.85. The fourth-order valence-corrected chi connectivity index (χ4v) is 3.11. The van der Waals surface area contributed by atoms with Crippen LogP contribution in [0, 0.1) is 0 Å². The van der Waals surface area contributed by atoms with Gasteiger partial charge in [0.25, 0.3) is 0 Å². The molecule has 1 N–H and O–H groups in total. The summed E-state index contributed by atoms with van der Waals surface area (Å²) in [6.07, 6.45) is 10.2. The second-order valence-corrected chi connectivity index (χ2v) is 6.88. The van der Waals surface area contributed by atoms with Gasteiger partial charge >= 0.3 is 0 Å². The molecular weight excluding hydrogens is 346 g/mol. The lowest BCUT2D eigenvalue weighted by molar-refractivity contribution is 0.734. The Bertz CT molecular complexity index is 1010. The second kappa shape index (κ2) is 8.65. The molecule has 1 unspecified atom stereocenters. The predicted molar refractivity (Wildman–Crippen MR) is 117 cm³/mol.